The van der Waals surface area contributed by atoms with Crippen LogP contribution in [0.3, 0.4) is 0 Å². The Balaban J connectivity index is 2.13. The molecule has 0 aromatic heterocycles. The van der Waals surface area contributed by atoms with Gasteiger partial charge in [-0.3, -0.25) is 4.79 Å². The van der Waals surface area contributed by atoms with E-state index in [1.54, 1.807) is 4.90 Å². The van der Waals surface area contributed by atoms with E-state index in [1.165, 1.54) is 0 Å². The topological polar surface area (TPSA) is 40.5 Å². The van der Waals surface area contributed by atoms with Crippen molar-refractivity contribution < 1.29 is 9.90 Å². The van der Waals surface area contributed by atoms with E-state index in [0.29, 0.717) is 24.9 Å². The summed E-state index contributed by atoms with van der Waals surface area (Å²) in [7, 11) is 0. The van der Waals surface area contributed by atoms with Gasteiger partial charge < -0.3 is 10.0 Å². The highest BCUT2D eigenvalue weighted by molar-refractivity contribution is 6.08. The van der Waals surface area contributed by atoms with Crippen LogP contribution in [0.25, 0.3) is 5.70 Å². The van der Waals surface area contributed by atoms with Crippen LogP contribution in [-0.4, -0.2) is 28.6 Å². The number of carbonyl (C=O) groups is 1. The molecule has 17 heavy (non-hydrogen) atoms. The van der Waals surface area contributed by atoms with Gasteiger partial charge in [-0.15, -0.1) is 0 Å². The number of amides is 1. The largest absolute Gasteiger partial charge is 0.393 e. The minimum atomic E-state index is -0.348. The predicted molar refractivity (Wildman–Crippen MR) is 67.4 cm³/mol. The summed E-state index contributed by atoms with van der Waals surface area (Å²) in [5.74, 6) is -0.00565. The minimum absolute atomic E-state index is 0.00565. The van der Waals surface area contributed by atoms with Crippen LogP contribution >= 0.6 is 0 Å². The summed E-state index contributed by atoms with van der Waals surface area (Å²) >= 11 is 0. The number of nitrogens with zero attached hydrogens (tertiary/aromatic N) is 1. The van der Waals surface area contributed by atoms with Crippen LogP contribution in [0.5, 0.6) is 0 Å². The van der Waals surface area contributed by atoms with Crippen molar-refractivity contribution in [3.8, 4) is 0 Å². The molecule has 3 nitrogen and oxygen atoms in total. The number of fused-ring (bicyclic) bond motifs is 1. The van der Waals surface area contributed by atoms with Gasteiger partial charge in [-0.25, -0.2) is 0 Å². The van der Waals surface area contributed by atoms with Gasteiger partial charge in [0.2, 0.25) is 0 Å². The zero-order valence-corrected chi connectivity index (χ0v) is 10.0. The fourth-order valence-corrected chi connectivity index (χ4v) is 2.05. The lowest BCUT2D eigenvalue weighted by Gasteiger charge is -2.18. The Labute approximate surface area is 101 Å². The van der Waals surface area contributed by atoms with E-state index in [1.807, 2.05) is 31.2 Å². The van der Waals surface area contributed by atoms with Gasteiger partial charge in [-0.05, 0) is 18.9 Å². The number of hydrogen-bond acceptors (Lipinski definition) is 2. The van der Waals surface area contributed by atoms with Crippen molar-refractivity contribution in [1.29, 1.82) is 0 Å². The lowest BCUT2D eigenvalue weighted by Crippen LogP contribution is -2.26. The van der Waals surface area contributed by atoms with E-state index in [4.69, 9.17) is 0 Å². The molecule has 0 fully saturated rings. The summed E-state index contributed by atoms with van der Waals surface area (Å²) in [4.78, 5) is 13.7. The SMILES string of the molecule is C=C1c2ccccc2C(=O)N1CCC(O)CC. The molecular weight excluding hydrogens is 214 g/mol. The maximum Gasteiger partial charge on any atom is 0.258 e. The maximum atomic E-state index is 12.1. The van der Waals surface area contributed by atoms with Crippen molar-refractivity contribution in [1.82, 2.24) is 4.90 Å². The summed E-state index contributed by atoms with van der Waals surface area (Å²) in [6.07, 6.45) is 0.954. The van der Waals surface area contributed by atoms with Crippen molar-refractivity contribution in [3.63, 3.8) is 0 Å². The minimum Gasteiger partial charge on any atom is -0.393 e. The highest BCUT2D eigenvalue weighted by Crippen LogP contribution is 2.31. The van der Waals surface area contributed by atoms with E-state index >= 15 is 0 Å². The average Bonchev–Trinajstić information content (AvgIpc) is 2.60. The number of aliphatic hydroxyl groups excluding tert-OH is 1. The maximum absolute atomic E-state index is 12.1. The molecule has 3 heteroatoms. The van der Waals surface area contributed by atoms with Gasteiger partial charge in [0.15, 0.2) is 0 Å². The third kappa shape index (κ3) is 2.11. The normalized spacial score (nSPS) is 16.2. The molecule has 0 bridgehead atoms. The Morgan fingerprint density at radius 2 is 2.00 bits per heavy atom. The van der Waals surface area contributed by atoms with Crippen LogP contribution in [0, 0.1) is 0 Å². The molecule has 1 aromatic carbocycles. The molecule has 1 amide bonds. The molecule has 0 radical (unpaired) electrons. The van der Waals surface area contributed by atoms with E-state index in [2.05, 4.69) is 6.58 Å². The van der Waals surface area contributed by atoms with Crippen molar-refractivity contribution >= 4 is 11.6 Å². The molecule has 90 valence electrons. The molecule has 1 aliphatic rings. The first-order chi connectivity index (χ1) is 8.15. The Morgan fingerprint density at radius 1 is 1.35 bits per heavy atom. The van der Waals surface area contributed by atoms with Crippen molar-refractivity contribution in [2.45, 2.75) is 25.9 Å². The summed E-state index contributed by atoms with van der Waals surface area (Å²) in [5.41, 5.74) is 2.36. The third-order valence-corrected chi connectivity index (χ3v) is 3.20. The molecule has 1 aromatic rings. The van der Waals surface area contributed by atoms with Gasteiger partial charge in [0.05, 0.1) is 6.10 Å². The van der Waals surface area contributed by atoms with Crippen LogP contribution in [0.1, 0.15) is 35.7 Å². The molecule has 0 spiro atoms. The highest BCUT2D eigenvalue weighted by atomic mass is 16.3. The monoisotopic (exact) mass is 231 g/mol. The molecule has 0 saturated heterocycles. The number of aliphatic hydroxyl groups is 1. The second kappa shape index (κ2) is 4.72. The lowest BCUT2D eigenvalue weighted by molar-refractivity contribution is 0.0822. The summed E-state index contributed by atoms with van der Waals surface area (Å²) in [6, 6.07) is 7.49. The number of hydrogen-bond donors (Lipinski definition) is 1. The number of benzene rings is 1. The molecule has 1 unspecified atom stereocenters. The number of carbonyl (C=O) groups excluding carboxylic acids is 1. The molecule has 2 rings (SSSR count). The first-order valence-corrected chi connectivity index (χ1v) is 5.93. The highest BCUT2D eigenvalue weighted by Gasteiger charge is 2.30. The van der Waals surface area contributed by atoms with Gasteiger partial charge in [-0.2, -0.15) is 0 Å². The van der Waals surface area contributed by atoms with Crippen LogP contribution in [0.4, 0.5) is 0 Å². The Bertz CT molecular complexity index is 418. The fourth-order valence-electron chi connectivity index (χ4n) is 2.05. The number of rotatable bonds is 4. The van der Waals surface area contributed by atoms with E-state index in [0.717, 1.165) is 11.3 Å². The van der Waals surface area contributed by atoms with Gasteiger partial charge >= 0.3 is 0 Å². The van der Waals surface area contributed by atoms with E-state index < -0.39 is 0 Å². The Hall–Kier alpha value is -1.61. The predicted octanol–water partition coefficient (Wildman–Crippen LogP) is 2.27. The van der Waals surface area contributed by atoms with E-state index in [9.17, 15) is 9.90 Å². The van der Waals surface area contributed by atoms with Crippen LogP contribution in [0.15, 0.2) is 30.8 Å². The molecule has 1 N–H and O–H groups in total. The average molecular weight is 231 g/mol. The molecule has 1 aliphatic heterocycles. The summed E-state index contributed by atoms with van der Waals surface area (Å²) in [6.45, 7) is 6.41. The summed E-state index contributed by atoms with van der Waals surface area (Å²) in [5, 5.41) is 9.54. The smallest absolute Gasteiger partial charge is 0.258 e. The van der Waals surface area contributed by atoms with Crippen molar-refractivity contribution in [3.05, 3.63) is 42.0 Å². The van der Waals surface area contributed by atoms with Crippen molar-refractivity contribution in [2.24, 2.45) is 0 Å². The first-order valence-electron chi connectivity index (χ1n) is 5.93. The zero-order chi connectivity index (χ0) is 12.4. The Kier molecular flexibility index (Phi) is 3.29. The second-order valence-electron chi connectivity index (χ2n) is 4.30. The fraction of sp³-hybridized carbons (Fsp3) is 0.357. The lowest BCUT2D eigenvalue weighted by atomic mass is 10.1. The second-order valence-corrected chi connectivity index (χ2v) is 4.30. The molecule has 0 saturated carbocycles. The molecule has 1 heterocycles. The standard InChI is InChI=1S/C14H17NO2/c1-3-11(16)8-9-15-10(2)12-6-4-5-7-13(12)14(15)17/h4-7,11,16H,2-3,8-9H2,1H3. The first kappa shape index (κ1) is 11.9. The third-order valence-electron chi connectivity index (χ3n) is 3.20. The molecular formula is C14H17NO2. The van der Waals surface area contributed by atoms with Gasteiger partial charge in [0.25, 0.3) is 5.91 Å². The van der Waals surface area contributed by atoms with Gasteiger partial charge in [-0.1, -0.05) is 31.7 Å². The zero-order valence-electron chi connectivity index (χ0n) is 10.0. The van der Waals surface area contributed by atoms with E-state index in [-0.39, 0.29) is 12.0 Å². The van der Waals surface area contributed by atoms with Crippen LogP contribution < -0.4 is 0 Å². The van der Waals surface area contributed by atoms with Gasteiger partial charge in [0, 0.05) is 23.4 Å². The van der Waals surface area contributed by atoms with Crippen molar-refractivity contribution in [2.75, 3.05) is 6.54 Å². The summed E-state index contributed by atoms with van der Waals surface area (Å²) < 4.78 is 0. The quantitative estimate of drug-likeness (QED) is 0.863. The molecule has 1 atom stereocenters. The molecule has 0 aliphatic carbocycles. The van der Waals surface area contributed by atoms with Crippen LogP contribution in [-0.2, 0) is 0 Å². The van der Waals surface area contributed by atoms with Gasteiger partial charge in [0.1, 0.15) is 0 Å². The Morgan fingerprint density at radius 3 is 2.59 bits per heavy atom. The van der Waals surface area contributed by atoms with Crippen LogP contribution in [0.2, 0.25) is 0 Å².